The number of hydrogen-bond acceptors (Lipinski definition) is 4. The summed E-state index contributed by atoms with van der Waals surface area (Å²) in [5, 5.41) is 3.52. The molecule has 0 N–H and O–H groups in total. The summed E-state index contributed by atoms with van der Waals surface area (Å²) in [6, 6.07) is 28.0. The molecule has 1 heterocycles. The van der Waals surface area contributed by atoms with Gasteiger partial charge in [-0.05, 0) is 19.1 Å². The van der Waals surface area contributed by atoms with E-state index in [-0.39, 0.29) is 10.3 Å². The Morgan fingerprint density at radius 3 is 1.66 bits per heavy atom. The standard InChI is InChI=1S/C25H24N3O2PS/c1-19-23(31(30,21-15-9-5-10-16-21)22-17-11-6-12-18-22)24(32)27(20-13-7-4-8-14-20)25(29)28(19)26(2)3/h4-18H,1-3H3. The molecule has 5 nitrogen and oxygen atoms in total. The maximum atomic E-state index is 15.1. The van der Waals surface area contributed by atoms with E-state index in [2.05, 4.69) is 0 Å². The summed E-state index contributed by atoms with van der Waals surface area (Å²) < 4.78 is 18.4. The zero-order chi connectivity index (χ0) is 22.9. The Morgan fingerprint density at radius 1 is 0.781 bits per heavy atom. The van der Waals surface area contributed by atoms with E-state index in [9.17, 15) is 4.79 Å². The van der Waals surface area contributed by atoms with Crippen molar-refractivity contribution in [2.24, 2.45) is 0 Å². The molecule has 0 aliphatic rings. The Labute approximate surface area is 192 Å². The Balaban J connectivity index is 2.21. The molecule has 0 aliphatic heterocycles. The minimum absolute atomic E-state index is 0.257. The molecule has 0 aliphatic carbocycles. The van der Waals surface area contributed by atoms with Gasteiger partial charge in [0, 0.05) is 24.7 Å². The van der Waals surface area contributed by atoms with Crippen LogP contribution >= 0.6 is 19.4 Å². The number of benzene rings is 3. The van der Waals surface area contributed by atoms with E-state index in [0.717, 1.165) is 0 Å². The van der Waals surface area contributed by atoms with Gasteiger partial charge in [-0.15, -0.1) is 0 Å². The van der Waals surface area contributed by atoms with Crippen molar-refractivity contribution in [2.45, 2.75) is 6.92 Å². The summed E-state index contributed by atoms with van der Waals surface area (Å²) in [5.74, 6) is 0. The van der Waals surface area contributed by atoms with Crippen LogP contribution < -0.4 is 26.6 Å². The first kappa shape index (κ1) is 22.0. The summed E-state index contributed by atoms with van der Waals surface area (Å²) in [6.07, 6.45) is 0. The second kappa shape index (κ2) is 8.73. The number of hydrogen-bond donors (Lipinski definition) is 0. The predicted molar refractivity (Wildman–Crippen MR) is 135 cm³/mol. The molecule has 0 saturated carbocycles. The molecule has 32 heavy (non-hydrogen) atoms. The zero-order valence-corrected chi connectivity index (χ0v) is 19.9. The summed E-state index contributed by atoms with van der Waals surface area (Å²) in [4.78, 5) is 13.5. The highest BCUT2D eigenvalue weighted by Gasteiger charge is 2.35. The molecule has 1 aromatic heterocycles. The van der Waals surface area contributed by atoms with Crippen molar-refractivity contribution in [1.82, 2.24) is 9.24 Å². The van der Waals surface area contributed by atoms with Crippen molar-refractivity contribution in [3.63, 3.8) is 0 Å². The molecule has 0 unspecified atom stereocenters. The molecule has 4 aromatic rings. The first-order valence-electron chi connectivity index (χ1n) is 10.2. The fourth-order valence-electron chi connectivity index (χ4n) is 4.01. The first-order chi connectivity index (χ1) is 15.4. The average molecular weight is 462 g/mol. The molecule has 0 saturated heterocycles. The molecule has 0 fully saturated rings. The van der Waals surface area contributed by atoms with Crippen LogP contribution in [0.2, 0.25) is 0 Å². The van der Waals surface area contributed by atoms with E-state index in [1.807, 2.05) is 91.0 Å². The third kappa shape index (κ3) is 3.56. The van der Waals surface area contributed by atoms with Crippen LogP contribution in [0.25, 0.3) is 5.69 Å². The molecule has 162 valence electrons. The zero-order valence-electron chi connectivity index (χ0n) is 18.2. The van der Waals surface area contributed by atoms with E-state index in [4.69, 9.17) is 12.2 Å². The molecule has 0 bridgehead atoms. The van der Waals surface area contributed by atoms with E-state index in [1.165, 1.54) is 9.24 Å². The van der Waals surface area contributed by atoms with Gasteiger partial charge in [-0.3, -0.25) is 4.57 Å². The van der Waals surface area contributed by atoms with Gasteiger partial charge >= 0.3 is 5.69 Å². The van der Waals surface area contributed by atoms with Crippen LogP contribution in [0.3, 0.4) is 0 Å². The van der Waals surface area contributed by atoms with Crippen molar-refractivity contribution >= 4 is 35.3 Å². The lowest BCUT2D eigenvalue weighted by atomic mass is 10.3. The molecule has 7 heteroatoms. The lowest BCUT2D eigenvalue weighted by molar-refractivity contribution is 0.590. The van der Waals surface area contributed by atoms with E-state index in [1.54, 1.807) is 26.0 Å². The highest BCUT2D eigenvalue weighted by molar-refractivity contribution is 7.86. The second-order valence-electron chi connectivity index (χ2n) is 7.63. The largest absolute Gasteiger partial charge is 0.352 e. The van der Waals surface area contributed by atoms with Crippen molar-refractivity contribution in [2.75, 3.05) is 19.1 Å². The van der Waals surface area contributed by atoms with E-state index < -0.39 is 7.14 Å². The van der Waals surface area contributed by atoms with Crippen molar-refractivity contribution in [1.29, 1.82) is 0 Å². The van der Waals surface area contributed by atoms with Gasteiger partial charge < -0.3 is 9.57 Å². The number of aromatic nitrogens is 2. The highest BCUT2D eigenvalue weighted by Crippen LogP contribution is 2.43. The van der Waals surface area contributed by atoms with Gasteiger partial charge in [-0.1, -0.05) is 91.1 Å². The normalized spacial score (nSPS) is 11.3. The van der Waals surface area contributed by atoms with Crippen LogP contribution in [0.4, 0.5) is 0 Å². The fourth-order valence-corrected chi connectivity index (χ4v) is 7.64. The summed E-state index contributed by atoms with van der Waals surface area (Å²) in [6.45, 7) is 1.81. The van der Waals surface area contributed by atoms with E-state index in [0.29, 0.717) is 27.3 Å². The van der Waals surface area contributed by atoms with E-state index >= 15 is 4.57 Å². The number of rotatable bonds is 5. The molecule has 4 rings (SSSR count). The molecular formula is C25H24N3O2PS. The minimum Gasteiger partial charge on any atom is -0.315 e. The van der Waals surface area contributed by atoms with Gasteiger partial charge in [0.2, 0.25) is 0 Å². The third-order valence-electron chi connectivity index (χ3n) is 5.41. The number of para-hydroxylation sites is 1. The molecule has 3 aromatic carbocycles. The second-order valence-corrected chi connectivity index (χ2v) is 10.7. The molecule has 0 atom stereocenters. The first-order valence-corrected chi connectivity index (χ1v) is 12.3. The van der Waals surface area contributed by atoms with Crippen LogP contribution in [-0.2, 0) is 4.57 Å². The topological polar surface area (TPSA) is 47.2 Å². The van der Waals surface area contributed by atoms with Crippen molar-refractivity contribution < 1.29 is 4.57 Å². The molecule has 0 spiro atoms. The van der Waals surface area contributed by atoms with Crippen molar-refractivity contribution in [3.8, 4) is 5.69 Å². The number of nitrogens with zero attached hydrogens (tertiary/aromatic N) is 3. The Morgan fingerprint density at radius 2 is 1.22 bits per heavy atom. The van der Waals surface area contributed by atoms with Gasteiger partial charge in [0.05, 0.1) is 16.7 Å². The van der Waals surface area contributed by atoms with Gasteiger partial charge in [-0.25, -0.2) is 9.47 Å². The monoisotopic (exact) mass is 461 g/mol. The van der Waals surface area contributed by atoms with Gasteiger partial charge in [-0.2, -0.15) is 0 Å². The van der Waals surface area contributed by atoms with Gasteiger partial charge in [0.25, 0.3) is 0 Å². The van der Waals surface area contributed by atoms with Crippen LogP contribution in [0, 0.1) is 11.6 Å². The van der Waals surface area contributed by atoms with Crippen molar-refractivity contribution in [3.05, 3.63) is 112 Å². The Hall–Kier alpha value is -3.21. The predicted octanol–water partition coefficient (Wildman–Crippen LogP) is 3.51. The van der Waals surface area contributed by atoms with Crippen LogP contribution in [-0.4, -0.2) is 23.3 Å². The maximum absolute atomic E-state index is 15.1. The summed E-state index contributed by atoms with van der Waals surface area (Å²) in [5.41, 5.74) is 0.889. The molecular weight excluding hydrogens is 437 g/mol. The van der Waals surface area contributed by atoms with Gasteiger partial charge in [0.1, 0.15) is 4.64 Å². The molecule has 0 radical (unpaired) electrons. The van der Waals surface area contributed by atoms with Crippen LogP contribution in [0.5, 0.6) is 0 Å². The molecule has 0 amide bonds. The lowest BCUT2D eigenvalue weighted by Gasteiger charge is -2.28. The smallest absolute Gasteiger partial charge is 0.315 e. The minimum atomic E-state index is -3.40. The maximum Gasteiger partial charge on any atom is 0.352 e. The summed E-state index contributed by atoms with van der Waals surface area (Å²) >= 11 is 5.90. The van der Waals surface area contributed by atoms with Gasteiger partial charge in [0.15, 0.2) is 7.14 Å². The SMILES string of the molecule is Cc1c(P(=O)(c2ccccc2)c2ccccc2)c(=S)n(-c2ccccc2)c(=O)n1N(C)C. The van der Waals surface area contributed by atoms with Crippen LogP contribution in [0.1, 0.15) is 5.69 Å². The fraction of sp³-hybridized carbons (Fsp3) is 0.120. The average Bonchev–Trinajstić information content (AvgIpc) is 2.80. The lowest BCUT2D eigenvalue weighted by Crippen LogP contribution is -2.47. The Kier molecular flexibility index (Phi) is 6.00. The van der Waals surface area contributed by atoms with Crippen LogP contribution in [0.15, 0.2) is 95.8 Å². The Bertz CT molecular complexity index is 1370. The highest BCUT2D eigenvalue weighted by atomic mass is 32.1. The summed E-state index contributed by atoms with van der Waals surface area (Å²) in [7, 11) is 0.172. The quantitative estimate of drug-likeness (QED) is 0.337. The third-order valence-corrected chi connectivity index (χ3v) is 9.16.